The molecule has 0 fully saturated rings. The van der Waals surface area contributed by atoms with E-state index in [0.717, 1.165) is 30.8 Å². The predicted molar refractivity (Wildman–Crippen MR) is 86.2 cm³/mol. The lowest BCUT2D eigenvalue weighted by Gasteiger charge is -2.09. The van der Waals surface area contributed by atoms with Crippen molar-refractivity contribution in [3.8, 4) is 5.75 Å². The minimum Gasteiger partial charge on any atom is -0.492 e. The van der Waals surface area contributed by atoms with Crippen molar-refractivity contribution in [3.63, 3.8) is 0 Å². The first-order valence-corrected chi connectivity index (χ1v) is 9.06. The highest BCUT2D eigenvalue weighted by Crippen LogP contribution is 2.11. The normalized spacial score (nSPS) is 11.5. The largest absolute Gasteiger partial charge is 0.492 e. The summed E-state index contributed by atoms with van der Waals surface area (Å²) in [4.78, 5) is 0. The van der Waals surface area contributed by atoms with Gasteiger partial charge in [-0.2, -0.15) is 0 Å². The molecule has 0 heterocycles. The zero-order valence-corrected chi connectivity index (χ0v) is 13.7. The fourth-order valence-corrected chi connectivity index (χ4v) is 2.90. The smallest absolute Gasteiger partial charge is 0.211 e. The number of ether oxygens (including phenoxy) is 1. The second-order valence-electron chi connectivity index (χ2n) is 4.98. The van der Waals surface area contributed by atoms with Crippen LogP contribution in [0.15, 0.2) is 24.3 Å². The lowest BCUT2D eigenvalue weighted by atomic mass is 10.2. The summed E-state index contributed by atoms with van der Waals surface area (Å²) in [5, 5.41) is 3.18. The van der Waals surface area contributed by atoms with E-state index in [2.05, 4.69) is 17.0 Å². The van der Waals surface area contributed by atoms with Crippen molar-refractivity contribution >= 4 is 10.0 Å². The van der Waals surface area contributed by atoms with Crippen molar-refractivity contribution < 1.29 is 13.2 Å². The van der Waals surface area contributed by atoms with E-state index in [9.17, 15) is 8.42 Å². The van der Waals surface area contributed by atoms with E-state index in [4.69, 9.17) is 4.74 Å². The van der Waals surface area contributed by atoms with Crippen LogP contribution in [-0.4, -0.2) is 40.4 Å². The number of aryl methyl sites for hydroxylation is 1. The third-order valence-corrected chi connectivity index (χ3v) is 4.35. The van der Waals surface area contributed by atoms with Crippen LogP contribution >= 0.6 is 0 Å². The number of sulfonamides is 1. The van der Waals surface area contributed by atoms with Gasteiger partial charge in [0.15, 0.2) is 0 Å². The number of nitrogens with one attached hydrogen (secondary N) is 2. The van der Waals surface area contributed by atoms with Gasteiger partial charge in [-0.05, 0) is 50.6 Å². The average Bonchev–Trinajstić information content (AvgIpc) is 2.43. The third-order valence-electron chi connectivity index (χ3n) is 2.88. The number of hydrogen-bond donors (Lipinski definition) is 2. The molecule has 2 N–H and O–H groups in total. The Morgan fingerprint density at radius 3 is 2.71 bits per heavy atom. The average molecular weight is 314 g/mol. The maximum atomic E-state index is 11.7. The van der Waals surface area contributed by atoms with E-state index in [1.165, 1.54) is 0 Å². The van der Waals surface area contributed by atoms with E-state index < -0.39 is 10.0 Å². The first-order chi connectivity index (χ1) is 10.0. The Labute approximate surface area is 128 Å². The Morgan fingerprint density at radius 1 is 1.19 bits per heavy atom. The lowest BCUT2D eigenvalue weighted by Crippen LogP contribution is -2.31. The van der Waals surface area contributed by atoms with Crippen LogP contribution in [-0.2, 0) is 10.0 Å². The zero-order chi connectivity index (χ0) is 15.6. The molecule has 0 bridgehead atoms. The second kappa shape index (κ2) is 9.76. The van der Waals surface area contributed by atoms with Crippen LogP contribution < -0.4 is 14.8 Å². The first-order valence-electron chi connectivity index (χ1n) is 7.41. The van der Waals surface area contributed by atoms with Gasteiger partial charge in [0.25, 0.3) is 0 Å². The summed E-state index contributed by atoms with van der Waals surface area (Å²) in [5.74, 6) is 0.909. The van der Waals surface area contributed by atoms with E-state index in [0.29, 0.717) is 19.6 Å². The molecule has 0 amide bonds. The van der Waals surface area contributed by atoms with Crippen LogP contribution in [0.25, 0.3) is 0 Å². The zero-order valence-electron chi connectivity index (χ0n) is 12.9. The second-order valence-corrected chi connectivity index (χ2v) is 6.91. The Kier molecular flexibility index (Phi) is 8.34. The van der Waals surface area contributed by atoms with E-state index >= 15 is 0 Å². The molecule has 0 aliphatic rings. The summed E-state index contributed by atoms with van der Waals surface area (Å²) < 4.78 is 31.5. The fourth-order valence-electron chi connectivity index (χ4n) is 1.83. The molecule has 0 unspecified atom stereocenters. The molecule has 0 saturated carbocycles. The van der Waals surface area contributed by atoms with Crippen LogP contribution in [0.3, 0.4) is 0 Å². The first kappa shape index (κ1) is 17.9. The minimum absolute atomic E-state index is 0.147. The minimum atomic E-state index is -3.20. The summed E-state index contributed by atoms with van der Waals surface area (Å²) in [5.41, 5.74) is 1.12. The topological polar surface area (TPSA) is 67.4 Å². The highest BCUT2D eigenvalue weighted by atomic mass is 32.2. The van der Waals surface area contributed by atoms with Gasteiger partial charge in [0, 0.05) is 6.54 Å². The molecule has 0 atom stereocenters. The molecule has 0 saturated heterocycles. The Balaban J connectivity index is 2.15. The van der Waals surface area contributed by atoms with Crippen LogP contribution in [0, 0.1) is 6.92 Å². The predicted octanol–water partition coefficient (Wildman–Crippen LogP) is 1.68. The van der Waals surface area contributed by atoms with E-state index in [1.54, 1.807) is 0 Å². The van der Waals surface area contributed by atoms with Crippen molar-refractivity contribution in [2.75, 3.05) is 32.0 Å². The van der Waals surface area contributed by atoms with Gasteiger partial charge < -0.3 is 10.1 Å². The van der Waals surface area contributed by atoms with Crippen molar-refractivity contribution in [3.05, 3.63) is 29.8 Å². The van der Waals surface area contributed by atoms with Crippen LogP contribution in [0.1, 0.15) is 25.3 Å². The Morgan fingerprint density at radius 2 is 2.00 bits per heavy atom. The molecule has 0 aromatic heterocycles. The molecular weight excluding hydrogens is 288 g/mol. The molecule has 1 aromatic rings. The standard InChI is InChI=1S/C15H26N2O3S/c1-3-8-16-9-5-12-21(18,19)17-10-11-20-15-7-4-6-14(2)13-15/h4,6-7,13,16-17H,3,5,8-12H2,1-2H3. The summed E-state index contributed by atoms with van der Waals surface area (Å²) in [6.45, 7) is 6.35. The molecule has 5 nitrogen and oxygen atoms in total. The molecular formula is C15H26N2O3S. The summed E-state index contributed by atoms with van der Waals surface area (Å²) in [6.07, 6.45) is 1.68. The molecule has 6 heteroatoms. The van der Waals surface area contributed by atoms with Gasteiger partial charge in [-0.1, -0.05) is 19.1 Å². The van der Waals surface area contributed by atoms with Crippen molar-refractivity contribution in [1.29, 1.82) is 0 Å². The van der Waals surface area contributed by atoms with Gasteiger partial charge in [-0.15, -0.1) is 0 Å². The summed E-state index contributed by atoms with van der Waals surface area (Å²) >= 11 is 0. The molecule has 21 heavy (non-hydrogen) atoms. The molecule has 120 valence electrons. The highest BCUT2D eigenvalue weighted by Gasteiger charge is 2.08. The number of hydrogen-bond acceptors (Lipinski definition) is 4. The van der Waals surface area contributed by atoms with Crippen LogP contribution in [0.5, 0.6) is 5.75 Å². The van der Waals surface area contributed by atoms with Crippen molar-refractivity contribution in [1.82, 2.24) is 10.0 Å². The number of rotatable bonds is 11. The maximum Gasteiger partial charge on any atom is 0.211 e. The van der Waals surface area contributed by atoms with Gasteiger partial charge in [0.05, 0.1) is 5.75 Å². The Hall–Kier alpha value is -1.11. The Bertz CT molecular complexity index is 503. The van der Waals surface area contributed by atoms with Crippen molar-refractivity contribution in [2.45, 2.75) is 26.7 Å². The van der Waals surface area contributed by atoms with Gasteiger partial charge >= 0.3 is 0 Å². The quantitative estimate of drug-likeness (QED) is 0.610. The van der Waals surface area contributed by atoms with Gasteiger partial charge in [-0.3, -0.25) is 0 Å². The lowest BCUT2D eigenvalue weighted by molar-refractivity contribution is 0.322. The third kappa shape index (κ3) is 8.70. The van der Waals surface area contributed by atoms with E-state index in [-0.39, 0.29) is 5.75 Å². The molecule has 0 aliphatic heterocycles. The van der Waals surface area contributed by atoms with E-state index in [1.807, 2.05) is 31.2 Å². The highest BCUT2D eigenvalue weighted by molar-refractivity contribution is 7.89. The monoisotopic (exact) mass is 314 g/mol. The van der Waals surface area contributed by atoms with Crippen LogP contribution in [0.2, 0.25) is 0 Å². The van der Waals surface area contributed by atoms with Crippen LogP contribution in [0.4, 0.5) is 0 Å². The molecule has 1 aromatic carbocycles. The molecule has 0 aliphatic carbocycles. The molecule has 0 spiro atoms. The number of benzene rings is 1. The summed E-state index contributed by atoms with van der Waals surface area (Å²) in [6, 6.07) is 7.69. The fraction of sp³-hybridized carbons (Fsp3) is 0.600. The van der Waals surface area contributed by atoms with Crippen molar-refractivity contribution in [2.24, 2.45) is 0 Å². The van der Waals surface area contributed by atoms with Gasteiger partial charge in [0.2, 0.25) is 10.0 Å². The summed E-state index contributed by atoms with van der Waals surface area (Å²) in [7, 11) is -3.20. The molecule has 1 rings (SSSR count). The van der Waals surface area contributed by atoms with Gasteiger partial charge in [-0.25, -0.2) is 13.1 Å². The van der Waals surface area contributed by atoms with Gasteiger partial charge in [0.1, 0.15) is 12.4 Å². The SMILES string of the molecule is CCCNCCCS(=O)(=O)NCCOc1cccc(C)c1. The molecule has 0 radical (unpaired) electrons. The maximum absolute atomic E-state index is 11.7.